The quantitative estimate of drug-likeness (QED) is 0.381. The average Bonchev–Trinajstić information content (AvgIpc) is 3.42. The number of fused-ring (bicyclic) bond motifs is 9. The smallest absolute Gasteiger partial charge is 0.309 e. The summed E-state index contributed by atoms with van der Waals surface area (Å²) in [6, 6.07) is 3.02. The summed E-state index contributed by atoms with van der Waals surface area (Å²) in [6.07, 6.45) is 0.615. The third kappa shape index (κ3) is 4.00. The number of esters is 1. The van der Waals surface area contributed by atoms with Crippen LogP contribution in [0, 0.1) is 82.1 Å². The van der Waals surface area contributed by atoms with Crippen LogP contribution in [0.2, 0.25) is 0 Å². The van der Waals surface area contributed by atoms with E-state index in [1.54, 1.807) is 11.8 Å². The van der Waals surface area contributed by atoms with Crippen LogP contribution in [0.1, 0.15) is 63.2 Å². The minimum absolute atomic E-state index is 0. The van der Waals surface area contributed by atoms with E-state index in [2.05, 4.69) is 21.9 Å². The molecule has 0 amide bonds. The Morgan fingerprint density at radius 3 is 2.49 bits per heavy atom. The molecule has 0 spiro atoms. The SMILES string of the molecule is Cc1cc2c(c(O)c1C)[C@@H]1C3[C@@H]4SC[C@@H](C)C(=O)OC[C@H](c5c6c(c(C)c(O)c54)OCO6)N3[C@@H](C#N)[C@@H](C2)N1C.[Ac]. The average molecular weight is 791 g/mol. The molecule has 0 saturated carbocycles. The first-order chi connectivity index (χ1) is 19.1. The molecular formula is C30H33AcN3O6S. The van der Waals surface area contributed by atoms with Crippen LogP contribution < -0.4 is 9.47 Å². The summed E-state index contributed by atoms with van der Waals surface area (Å²) in [6.45, 7) is 7.70. The van der Waals surface area contributed by atoms with Gasteiger partial charge in [0.25, 0.3) is 0 Å². The Morgan fingerprint density at radius 2 is 1.76 bits per heavy atom. The van der Waals surface area contributed by atoms with Crippen molar-refractivity contribution in [3.05, 3.63) is 45.0 Å². The molecule has 9 nitrogen and oxygen atoms in total. The number of hydrogen-bond acceptors (Lipinski definition) is 10. The molecule has 2 saturated heterocycles. The Morgan fingerprint density at radius 1 is 1.05 bits per heavy atom. The van der Waals surface area contributed by atoms with Crippen molar-refractivity contribution in [2.75, 3.05) is 26.2 Å². The van der Waals surface area contributed by atoms with Gasteiger partial charge in [0.15, 0.2) is 11.5 Å². The number of likely N-dealkylation sites (N-methyl/N-ethyl adjacent to an activating group) is 1. The number of nitrogens with zero attached hydrogens (tertiary/aromatic N) is 3. The molecule has 11 heteroatoms. The predicted octanol–water partition coefficient (Wildman–Crippen LogP) is 3.95. The zero-order valence-electron chi connectivity index (χ0n) is 23.8. The molecule has 5 heterocycles. The molecule has 213 valence electrons. The fraction of sp³-hybridized carbons (Fsp3) is 0.533. The topological polar surface area (TPSA) is 115 Å². The van der Waals surface area contributed by atoms with E-state index in [9.17, 15) is 20.3 Å². The number of benzene rings is 2. The summed E-state index contributed by atoms with van der Waals surface area (Å²) in [5, 5.41) is 33.8. The molecule has 2 fully saturated rings. The molecule has 4 bridgehead atoms. The van der Waals surface area contributed by atoms with Crippen molar-refractivity contribution in [1.29, 1.82) is 5.26 Å². The normalized spacial score (nSPS) is 31.7. The maximum atomic E-state index is 12.9. The molecular weight excluding hydrogens is 757 g/mol. The van der Waals surface area contributed by atoms with Crippen LogP contribution in [0.3, 0.4) is 0 Å². The van der Waals surface area contributed by atoms with Crippen molar-refractivity contribution in [1.82, 2.24) is 9.80 Å². The van der Waals surface area contributed by atoms with E-state index in [0.29, 0.717) is 35.0 Å². The third-order valence-corrected chi connectivity index (χ3v) is 11.4. The van der Waals surface area contributed by atoms with Crippen molar-refractivity contribution < 1.29 is 73.3 Å². The largest absolute Gasteiger partial charge is 0.507 e. The van der Waals surface area contributed by atoms with Gasteiger partial charge in [-0.2, -0.15) is 17.0 Å². The zero-order chi connectivity index (χ0) is 28.2. The Kier molecular flexibility index (Phi) is 7.52. The van der Waals surface area contributed by atoms with Gasteiger partial charge in [-0.15, -0.1) is 0 Å². The number of phenolic OH excluding ortho intramolecular Hbond substituents is 2. The van der Waals surface area contributed by atoms with Crippen LogP contribution in [0.5, 0.6) is 23.0 Å². The van der Waals surface area contributed by atoms with Gasteiger partial charge >= 0.3 is 5.97 Å². The van der Waals surface area contributed by atoms with E-state index in [4.69, 9.17) is 14.2 Å². The molecule has 1 radical (unpaired) electrons. The zero-order valence-corrected chi connectivity index (χ0v) is 29.4. The van der Waals surface area contributed by atoms with E-state index in [0.717, 1.165) is 33.4 Å². The third-order valence-electron chi connectivity index (χ3n) is 9.81. The van der Waals surface area contributed by atoms with Crippen molar-refractivity contribution in [3.63, 3.8) is 0 Å². The van der Waals surface area contributed by atoms with E-state index in [1.807, 2.05) is 34.7 Å². The van der Waals surface area contributed by atoms with Gasteiger partial charge in [0.05, 0.1) is 29.3 Å². The minimum Gasteiger partial charge on any atom is -0.507 e. The van der Waals surface area contributed by atoms with E-state index >= 15 is 0 Å². The van der Waals surface area contributed by atoms with Gasteiger partial charge in [0.2, 0.25) is 6.79 Å². The molecule has 0 aliphatic carbocycles. The number of nitriles is 1. The summed E-state index contributed by atoms with van der Waals surface area (Å²) < 4.78 is 17.7. The maximum absolute atomic E-state index is 12.9. The number of aromatic hydroxyl groups is 2. The van der Waals surface area contributed by atoms with Crippen LogP contribution in [-0.4, -0.2) is 70.3 Å². The van der Waals surface area contributed by atoms with Gasteiger partial charge in [-0.3, -0.25) is 14.6 Å². The van der Waals surface area contributed by atoms with E-state index in [1.165, 1.54) is 0 Å². The molecule has 2 N–H and O–H groups in total. The number of thioether (sulfide) groups is 1. The fourth-order valence-electron chi connectivity index (χ4n) is 7.66. The number of phenols is 2. The number of piperazine rings is 1. The second kappa shape index (κ2) is 10.5. The maximum Gasteiger partial charge on any atom is 0.309 e. The van der Waals surface area contributed by atoms with Gasteiger partial charge in [0, 0.05) is 84.2 Å². The molecule has 2 aromatic carbocycles. The standard InChI is InChI=1S/C30H33N3O6S.Ac/c1-12-6-16-7-17-18(8-31)33-19-9-37-30(36)13(2)10-40-29(24(33)23(32(17)5)20(16)25(34)14(12)3)22-21(19)28-27(38-11-39-28)15(4)26(22)35;/h6,13,17-19,23-24,29,34-35H,7,9-11H2,1-5H3;/t13-,17-,18+,19-,23-,24?,29-;/m1./s1. The number of hydrogen-bond donors (Lipinski definition) is 2. The summed E-state index contributed by atoms with van der Waals surface area (Å²) >= 11 is 1.60. The van der Waals surface area contributed by atoms with Crippen molar-refractivity contribution in [2.24, 2.45) is 5.92 Å². The molecule has 1 unspecified atom stereocenters. The van der Waals surface area contributed by atoms with E-state index < -0.39 is 12.1 Å². The van der Waals surface area contributed by atoms with Crippen LogP contribution in [0.15, 0.2) is 6.07 Å². The van der Waals surface area contributed by atoms with Crippen LogP contribution in [0.25, 0.3) is 0 Å². The molecule has 0 aromatic heterocycles. The van der Waals surface area contributed by atoms with Crippen molar-refractivity contribution in [3.8, 4) is 29.1 Å². The van der Waals surface area contributed by atoms with Gasteiger partial charge < -0.3 is 24.4 Å². The summed E-state index contributed by atoms with van der Waals surface area (Å²) in [5.74, 6) is 1.37. The molecule has 5 aliphatic rings. The predicted molar refractivity (Wildman–Crippen MR) is 148 cm³/mol. The number of rotatable bonds is 0. The molecule has 7 rings (SSSR count). The van der Waals surface area contributed by atoms with Gasteiger partial charge in [-0.25, -0.2) is 0 Å². The Balaban J connectivity index is 0.00000302. The Bertz CT molecular complexity index is 1510. The first-order valence-corrected chi connectivity index (χ1v) is 14.8. The number of cyclic esters (lactones) is 1. The van der Waals surface area contributed by atoms with Crippen molar-refractivity contribution >= 4 is 17.7 Å². The molecule has 41 heavy (non-hydrogen) atoms. The number of carbonyl (C=O) groups is 1. The van der Waals surface area contributed by atoms with Crippen LogP contribution >= 0.6 is 11.8 Å². The summed E-state index contributed by atoms with van der Waals surface area (Å²) in [5.41, 5.74) is 5.93. The number of ether oxygens (including phenoxy) is 3. The second-order valence-electron chi connectivity index (χ2n) is 11.8. The fourth-order valence-corrected chi connectivity index (χ4v) is 9.19. The molecule has 7 atom stereocenters. The number of aryl methyl sites for hydroxylation is 1. The summed E-state index contributed by atoms with van der Waals surface area (Å²) in [7, 11) is 2.04. The van der Waals surface area contributed by atoms with Crippen molar-refractivity contribution in [2.45, 2.75) is 69.6 Å². The Labute approximate surface area is 279 Å². The van der Waals surface area contributed by atoms with Gasteiger partial charge in [0.1, 0.15) is 24.1 Å². The summed E-state index contributed by atoms with van der Waals surface area (Å²) in [4.78, 5) is 17.4. The number of carbonyl (C=O) groups excluding carboxylic acids is 1. The van der Waals surface area contributed by atoms with E-state index in [-0.39, 0.29) is 98.5 Å². The molecule has 5 aliphatic heterocycles. The first-order valence-electron chi connectivity index (χ1n) is 13.8. The minimum atomic E-state index is -0.536. The Hall–Kier alpha value is -1.69. The van der Waals surface area contributed by atoms with Gasteiger partial charge in [-0.1, -0.05) is 13.0 Å². The molecule has 2 aromatic rings. The van der Waals surface area contributed by atoms with Crippen LogP contribution in [-0.2, 0) is 16.0 Å². The first kappa shape index (κ1) is 29.4. The van der Waals surface area contributed by atoms with Crippen LogP contribution in [0.4, 0.5) is 0 Å². The monoisotopic (exact) mass is 790 g/mol. The van der Waals surface area contributed by atoms with Gasteiger partial charge in [-0.05, 0) is 50.9 Å². The second-order valence-corrected chi connectivity index (χ2v) is 13.0.